The minimum absolute atomic E-state index is 0.313. The van der Waals surface area contributed by atoms with Crippen LogP contribution in [0.15, 0.2) is 18.3 Å². The molecule has 0 fully saturated rings. The highest BCUT2D eigenvalue weighted by atomic mass is 16.5. The molecule has 0 aliphatic rings. The number of hydrogen-bond acceptors (Lipinski definition) is 5. The third-order valence-electron chi connectivity index (χ3n) is 3.16. The summed E-state index contributed by atoms with van der Waals surface area (Å²) in [7, 11) is 5.38. The minimum Gasteiger partial charge on any atom is -0.383 e. The average Bonchev–Trinajstić information content (AvgIpc) is 2.46. The van der Waals surface area contributed by atoms with E-state index in [2.05, 4.69) is 28.2 Å². The Balaban J connectivity index is 2.81. The van der Waals surface area contributed by atoms with Crippen molar-refractivity contribution >= 4 is 5.82 Å². The molecule has 5 heteroatoms. The van der Waals surface area contributed by atoms with Crippen LogP contribution in [0.2, 0.25) is 0 Å². The molecule has 1 rings (SSSR count). The molecule has 0 aliphatic carbocycles. The van der Waals surface area contributed by atoms with E-state index in [1.807, 2.05) is 19.3 Å². The van der Waals surface area contributed by atoms with Crippen molar-refractivity contribution < 1.29 is 9.47 Å². The largest absolute Gasteiger partial charge is 0.383 e. The van der Waals surface area contributed by atoms with Gasteiger partial charge < -0.3 is 19.7 Å². The summed E-state index contributed by atoms with van der Waals surface area (Å²) in [5.74, 6) is 0.966. The van der Waals surface area contributed by atoms with Crippen molar-refractivity contribution in [3.05, 3.63) is 23.9 Å². The minimum atomic E-state index is 0.313. The van der Waals surface area contributed by atoms with E-state index < -0.39 is 0 Å². The Kier molecular flexibility index (Phi) is 7.40. The summed E-state index contributed by atoms with van der Waals surface area (Å²) in [5.41, 5.74) is 1.23. The van der Waals surface area contributed by atoms with E-state index >= 15 is 0 Å². The van der Waals surface area contributed by atoms with Crippen molar-refractivity contribution in [2.45, 2.75) is 13.0 Å². The molecule has 0 amide bonds. The molecule has 0 spiro atoms. The number of ether oxygens (including phenoxy) is 2. The SMILES string of the molecule is CNC(C)c1ccnc(N(CCOC)CCOC)c1. The van der Waals surface area contributed by atoms with E-state index in [0.717, 1.165) is 18.9 Å². The number of pyridine rings is 1. The molecule has 19 heavy (non-hydrogen) atoms. The lowest BCUT2D eigenvalue weighted by Gasteiger charge is -2.24. The highest BCUT2D eigenvalue weighted by molar-refractivity contribution is 5.41. The zero-order chi connectivity index (χ0) is 14.1. The van der Waals surface area contributed by atoms with Crippen molar-refractivity contribution in [1.82, 2.24) is 10.3 Å². The van der Waals surface area contributed by atoms with Crippen LogP contribution in [0, 0.1) is 0 Å². The molecule has 1 N–H and O–H groups in total. The third-order valence-corrected chi connectivity index (χ3v) is 3.16. The molecule has 0 bridgehead atoms. The molecule has 1 aromatic rings. The summed E-state index contributed by atoms with van der Waals surface area (Å²) < 4.78 is 10.3. The number of anilines is 1. The second-order valence-corrected chi connectivity index (χ2v) is 4.43. The fourth-order valence-corrected chi connectivity index (χ4v) is 1.79. The van der Waals surface area contributed by atoms with Crippen LogP contribution in [0.3, 0.4) is 0 Å². The van der Waals surface area contributed by atoms with Crippen LogP contribution < -0.4 is 10.2 Å². The molecular formula is C14H25N3O2. The Bertz CT molecular complexity index is 352. The summed E-state index contributed by atoms with van der Waals surface area (Å²) in [6.07, 6.45) is 1.85. The first kappa shape index (κ1) is 15.9. The van der Waals surface area contributed by atoms with Gasteiger partial charge in [0.15, 0.2) is 0 Å². The van der Waals surface area contributed by atoms with Crippen molar-refractivity contribution in [3.8, 4) is 0 Å². The van der Waals surface area contributed by atoms with E-state index in [-0.39, 0.29) is 0 Å². The fraction of sp³-hybridized carbons (Fsp3) is 0.643. The van der Waals surface area contributed by atoms with E-state index in [0.29, 0.717) is 19.3 Å². The zero-order valence-electron chi connectivity index (χ0n) is 12.3. The summed E-state index contributed by atoms with van der Waals surface area (Å²) in [6.45, 7) is 5.11. The maximum Gasteiger partial charge on any atom is 0.128 e. The third kappa shape index (κ3) is 5.14. The van der Waals surface area contributed by atoms with Gasteiger partial charge in [0.05, 0.1) is 13.2 Å². The van der Waals surface area contributed by atoms with Gasteiger partial charge in [-0.25, -0.2) is 4.98 Å². The van der Waals surface area contributed by atoms with Gasteiger partial charge in [-0.3, -0.25) is 0 Å². The predicted octanol–water partition coefficient (Wildman–Crippen LogP) is 1.46. The first-order chi connectivity index (χ1) is 9.22. The molecule has 1 unspecified atom stereocenters. The fourth-order valence-electron chi connectivity index (χ4n) is 1.79. The van der Waals surface area contributed by atoms with Gasteiger partial charge in [0, 0.05) is 39.5 Å². The number of nitrogens with zero attached hydrogens (tertiary/aromatic N) is 2. The first-order valence-electron chi connectivity index (χ1n) is 6.59. The van der Waals surface area contributed by atoms with Gasteiger partial charge in [0.25, 0.3) is 0 Å². The molecule has 108 valence electrons. The van der Waals surface area contributed by atoms with Gasteiger partial charge in [0.2, 0.25) is 0 Å². The first-order valence-corrected chi connectivity index (χ1v) is 6.59. The second kappa shape index (κ2) is 8.85. The average molecular weight is 267 g/mol. The number of rotatable bonds is 9. The van der Waals surface area contributed by atoms with Gasteiger partial charge in [-0.1, -0.05) is 0 Å². The van der Waals surface area contributed by atoms with Crippen molar-refractivity contribution in [1.29, 1.82) is 0 Å². The molecule has 0 saturated carbocycles. The van der Waals surface area contributed by atoms with Gasteiger partial charge in [0.1, 0.15) is 5.82 Å². The van der Waals surface area contributed by atoms with Crippen LogP contribution in [0.1, 0.15) is 18.5 Å². The zero-order valence-corrected chi connectivity index (χ0v) is 12.3. The summed E-state index contributed by atoms with van der Waals surface area (Å²) in [4.78, 5) is 6.63. The van der Waals surface area contributed by atoms with Crippen LogP contribution in [-0.2, 0) is 9.47 Å². The molecule has 0 saturated heterocycles. The van der Waals surface area contributed by atoms with Gasteiger partial charge in [-0.05, 0) is 31.7 Å². The number of hydrogen-bond donors (Lipinski definition) is 1. The Morgan fingerprint density at radius 3 is 2.42 bits per heavy atom. The summed E-state index contributed by atoms with van der Waals surface area (Å²) in [6, 6.07) is 4.47. The standard InChI is InChI=1S/C14H25N3O2/c1-12(15-2)13-5-6-16-14(11-13)17(7-9-18-3)8-10-19-4/h5-6,11-12,15H,7-10H2,1-4H3. The van der Waals surface area contributed by atoms with Crippen molar-refractivity contribution in [2.24, 2.45) is 0 Å². The predicted molar refractivity (Wildman–Crippen MR) is 77.7 cm³/mol. The Morgan fingerprint density at radius 2 is 1.89 bits per heavy atom. The molecular weight excluding hydrogens is 242 g/mol. The Morgan fingerprint density at radius 1 is 1.26 bits per heavy atom. The van der Waals surface area contributed by atoms with E-state index in [1.54, 1.807) is 14.2 Å². The molecule has 1 heterocycles. The summed E-state index contributed by atoms with van der Waals surface area (Å²) >= 11 is 0. The number of nitrogens with one attached hydrogen (secondary N) is 1. The molecule has 0 radical (unpaired) electrons. The maximum absolute atomic E-state index is 5.15. The van der Waals surface area contributed by atoms with Crippen LogP contribution in [0.5, 0.6) is 0 Å². The molecule has 1 aromatic heterocycles. The summed E-state index contributed by atoms with van der Waals surface area (Å²) in [5, 5.41) is 3.24. The van der Waals surface area contributed by atoms with Gasteiger partial charge in [-0.2, -0.15) is 0 Å². The highest BCUT2D eigenvalue weighted by Gasteiger charge is 2.10. The second-order valence-electron chi connectivity index (χ2n) is 4.43. The van der Waals surface area contributed by atoms with E-state index in [4.69, 9.17) is 9.47 Å². The van der Waals surface area contributed by atoms with E-state index in [1.165, 1.54) is 5.56 Å². The smallest absolute Gasteiger partial charge is 0.128 e. The quantitative estimate of drug-likeness (QED) is 0.734. The normalized spacial score (nSPS) is 12.4. The molecule has 5 nitrogen and oxygen atoms in total. The van der Waals surface area contributed by atoms with Gasteiger partial charge in [-0.15, -0.1) is 0 Å². The molecule has 0 aromatic carbocycles. The van der Waals surface area contributed by atoms with Crippen LogP contribution >= 0.6 is 0 Å². The lowest BCUT2D eigenvalue weighted by atomic mass is 10.1. The van der Waals surface area contributed by atoms with Gasteiger partial charge >= 0.3 is 0 Å². The van der Waals surface area contributed by atoms with Crippen LogP contribution in [0.4, 0.5) is 5.82 Å². The molecule has 0 aliphatic heterocycles. The van der Waals surface area contributed by atoms with Crippen LogP contribution in [0.25, 0.3) is 0 Å². The van der Waals surface area contributed by atoms with Crippen molar-refractivity contribution in [3.63, 3.8) is 0 Å². The lowest BCUT2D eigenvalue weighted by Crippen LogP contribution is -2.31. The maximum atomic E-state index is 5.15. The van der Waals surface area contributed by atoms with E-state index in [9.17, 15) is 0 Å². The lowest BCUT2D eigenvalue weighted by molar-refractivity contribution is 0.190. The topological polar surface area (TPSA) is 46.6 Å². The van der Waals surface area contributed by atoms with Crippen LogP contribution in [-0.4, -0.2) is 52.6 Å². The Hall–Kier alpha value is -1.17. The number of methoxy groups -OCH3 is 2. The van der Waals surface area contributed by atoms with Crippen molar-refractivity contribution in [2.75, 3.05) is 52.5 Å². The number of aromatic nitrogens is 1. The monoisotopic (exact) mass is 267 g/mol. The Labute approximate surface area is 115 Å². The molecule has 1 atom stereocenters. The highest BCUT2D eigenvalue weighted by Crippen LogP contribution is 2.17.